The molecule has 2 aromatic carbocycles. The first kappa shape index (κ1) is 16.4. The third-order valence-electron chi connectivity index (χ3n) is 3.26. The Bertz CT molecular complexity index is 655. The molecule has 0 bridgehead atoms. The fraction of sp³-hybridized carbons (Fsp3) is 0.278. The van der Waals surface area contributed by atoms with E-state index in [1.54, 1.807) is 12.1 Å². The number of carbonyl (C=O) groups is 1. The average Bonchev–Trinajstić information content (AvgIpc) is 2.47. The maximum atomic E-state index is 11.8. The molecule has 0 fully saturated rings. The van der Waals surface area contributed by atoms with Crippen LogP contribution in [0.25, 0.3) is 0 Å². The molecular formula is C18H20ClNO2. The zero-order chi connectivity index (χ0) is 15.9. The maximum absolute atomic E-state index is 11.8. The number of aryl methyl sites for hydroxylation is 2. The van der Waals surface area contributed by atoms with E-state index in [9.17, 15) is 4.79 Å². The lowest BCUT2D eigenvalue weighted by molar-refractivity contribution is -0.116. The Morgan fingerprint density at radius 1 is 1.18 bits per heavy atom. The molecule has 0 atom stereocenters. The first-order chi connectivity index (χ1) is 10.5. The number of nitrogens with one attached hydrogen (secondary N) is 1. The van der Waals surface area contributed by atoms with E-state index in [1.807, 2.05) is 38.1 Å². The Balaban J connectivity index is 1.74. The fourth-order valence-electron chi connectivity index (χ4n) is 2.07. The summed E-state index contributed by atoms with van der Waals surface area (Å²) >= 11 is 5.88. The normalized spacial score (nSPS) is 10.3. The van der Waals surface area contributed by atoms with Crippen LogP contribution < -0.4 is 10.1 Å². The third kappa shape index (κ3) is 5.08. The first-order valence-corrected chi connectivity index (χ1v) is 7.68. The molecule has 2 rings (SSSR count). The van der Waals surface area contributed by atoms with Gasteiger partial charge in [-0.1, -0.05) is 29.8 Å². The van der Waals surface area contributed by atoms with Gasteiger partial charge in [0.05, 0.1) is 6.61 Å². The lowest BCUT2D eigenvalue weighted by Crippen LogP contribution is -2.12. The summed E-state index contributed by atoms with van der Waals surface area (Å²) in [5, 5.41) is 3.43. The van der Waals surface area contributed by atoms with Gasteiger partial charge in [-0.3, -0.25) is 4.79 Å². The first-order valence-electron chi connectivity index (χ1n) is 7.30. The van der Waals surface area contributed by atoms with Crippen LogP contribution in [-0.4, -0.2) is 12.5 Å². The molecular weight excluding hydrogens is 298 g/mol. The van der Waals surface area contributed by atoms with Gasteiger partial charge in [0, 0.05) is 17.1 Å². The molecule has 1 amide bonds. The molecule has 0 radical (unpaired) electrons. The molecule has 0 aromatic heterocycles. The van der Waals surface area contributed by atoms with Crippen LogP contribution in [0.2, 0.25) is 5.02 Å². The molecule has 0 spiro atoms. The molecule has 4 heteroatoms. The number of rotatable bonds is 6. The van der Waals surface area contributed by atoms with Crippen LogP contribution in [0.5, 0.6) is 5.75 Å². The molecule has 0 aliphatic heterocycles. The van der Waals surface area contributed by atoms with Gasteiger partial charge in [0.1, 0.15) is 5.75 Å². The Morgan fingerprint density at radius 3 is 2.77 bits per heavy atom. The van der Waals surface area contributed by atoms with Crippen LogP contribution in [0.3, 0.4) is 0 Å². The quantitative estimate of drug-likeness (QED) is 0.780. The second-order valence-electron chi connectivity index (χ2n) is 5.28. The molecule has 0 heterocycles. The van der Waals surface area contributed by atoms with Crippen molar-refractivity contribution in [2.24, 2.45) is 0 Å². The van der Waals surface area contributed by atoms with Crippen LogP contribution in [0.15, 0.2) is 42.5 Å². The SMILES string of the molecule is Cc1ccc(C)c(OCCCC(=O)Nc2cccc(Cl)c2)c1. The number of ether oxygens (including phenoxy) is 1. The van der Waals surface area contributed by atoms with E-state index in [2.05, 4.69) is 11.4 Å². The molecule has 116 valence electrons. The zero-order valence-electron chi connectivity index (χ0n) is 12.9. The van der Waals surface area contributed by atoms with Gasteiger partial charge in [-0.15, -0.1) is 0 Å². The van der Waals surface area contributed by atoms with Crippen LogP contribution in [-0.2, 0) is 4.79 Å². The summed E-state index contributed by atoms with van der Waals surface area (Å²) in [7, 11) is 0. The van der Waals surface area contributed by atoms with Crippen LogP contribution in [0, 0.1) is 13.8 Å². The van der Waals surface area contributed by atoms with Crippen LogP contribution >= 0.6 is 11.6 Å². The highest BCUT2D eigenvalue weighted by Gasteiger charge is 2.04. The van der Waals surface area contributed by atoms with Crippen molar-refractivity contribution in [3.05, 3.63) is 58.6 Å². The number of hydrogen-bond acceptors (Lipinski definition) is 2. The summed E-state index contributed by atoms with van der Waals surface area (Å²) in [6.45, 7) is 4.57. The number of halogens is 1. The average molecular weight is 318 g/mol. The van der Waals surface area contributed by atoms with E-state index in [0.29, 0.717) is 30.2 Å². The summed E-state index contributed by atoms with van der Waals surface area (Å²) in [4.78, 5) is 11.8. The van der Waals surface area contributed by atoms with Gasteiger partial charge in [-0.2, -0.15) is 0 Å². The van der Waals surface area contributed by atoms with Crippen LogP contribution in [0.4, 0.5) is 5.69 Å². The smallest absolute Gasteiger partial charge is 0.224 e. The molecule has 0 aliphatic rings. The zero-order valence-corrected chi connectivity index (χ0v) is 13.6. The van der Waals surface area contributed by atoms with E-state index in [4.69, 9.17) is 16.3 Å². The summed E-state index contributed by atoms with van der Waals surface area (Å²) in [6.07, 6.45) is 1.08. The molecule has 3 nitrogen and oxygen atoms in total. The fourth-order valence-corrected chi connectivity index (χ4v) is 2.26. The number of amides is 1. The summed E-state index contributed by atoms with van der Waals surface area (Å²) in [6, 6.07) is 13.2. The standard InChI is InChI=1S/C18H20ClNO2/c1-13-8-9-14(2)17(11-13)22-10-4-7-18(21)20-16-6-3-5-15(19)12-16/h3,5-6,8-9,11-12H,4,7,10H2,1-2H3,(H,20,21). The van der Waals surface area contributed by atoms with Crippen molar-refractivity contribution in [3.8, 4) is 5.75 Å². The van der Waals surface area contributed by atoms with Crippen molar-refractivity contribution >= 4 is 23.2 Å². The van der Waals surface area contributed by atoms with Crippen molar-refractivity contribution in [1.82, 2.24) is 0 Å². The number of carbonyl (C=O) groups excluding carboxylic acids is 1. The summed E-state index contributed by atoms with van der Waals surface area (Å²) in [5.74, 6) is 0.849. The van der Waals surface area contributed by atoms with Gasteiger partial charge in [-0.05, 0) is 55.7 Å². The Morgan fingerprint density at radius 2 is 2.00 bits per heavy atom. The minimum absolute atomic E-state index is 0.0353. The van der Waals surface area contributed by atoms with E-state index < -0.39 is 0 Å². The van der Waals surface area contributed by atoms with E-state index in [0.717, 1.165) is 11.3 Å². The highest BCUT2D eigenvalue weighted by Crippen LogP contribution is 2.19. The molecule has 1 N–H and O–H groups in total. The lowest BCUT2D eigenvalue weighted by atomic mass is 10.1. The summed E-state index contributed by atoms with van der Waals surface area (Å²) < 4.78 is 5.74. The third-order valence-corrected chi connectivity index (χ3v) is 3.49. The molecule has 0 saturated heterocycles. The minimum Gasteiger partial charge on any atom is -0.493 e. The van der Waals surface area contributed by atoms with Gasteiger partial charge in [0.25, 0.3) is 0 Å². The molecule has 22 heavy (non-hydrogen) atoms. The Labute approximate surface area is 136 Å². The second kappa shape index (κ2) is 7.85. The molecule has 0 saturated carbocycles. The topological polar surface area (TPSA) is 38.3 Å². The van der Waals surface area contributed by atoms with Crippen LogP contribution in [0.1, 0.15) is 24.0 Å². The number of anilines is 1. The predicted molar refractivity (Wildman–Crippen MR) is 90.7 cm³/mol. The maximum Gasteiger partial charge on any atom is 0.224 e. The van der Waals surface area contributed by atoms with Gasteiger partial charge in [0.2, 0.25) is 5.91 Å². The number of benzene rings is 2. The Hall–Kier alpha value is -2.00. The highest BCUT2D eigenvalue weighted by atomic mass is 35.5. The van der Waals surface area contributed by atoms with Crippen molar-refractivity contribution in [2.45, 2.75) is 26.7 Å². The monoisotopic (exact) mass is 317 g/mol. The minimum atomic E-state index is -0.0353. The van der Waals surface area contributed by atoms with Gasteiger partial charge in [-0.25, -0.2) is 0 Å². The van der Waals surface area contributed by atoms with E-state index >= 15 is 0 Å². The van der Waals surface area contributed by atoms with E-state index in [1.165, 1.54) is 5.56 Å². The second-order valence-corrected chi connectivity index (χ2v) is 5.72. The van der Waals surface area contributed by atoms with Crippen molar-refractivity contribution < 1.29 is 9.53 Å². The van der Waals surface area contributed by atoms with Gasteiger partial charge < -0.3 is 10.1 Å². The Kier molecular flexibility index (Phi) is 5.84. The largest absolute Gasteiger partial charge is 0.493 e. The van der Waals surface area contributed by atoms with Crippen molar-refractivity contribution in [3.63, 3.8) is 0 Å². The van der Waals surface area contributed by atoms with Gasteiger partial charge in [0.15, 0.2) is 0 Å². The predicted octanol–water partition coefficient (Wildman–Crippen LogP) is 4.75. The molecule has 0 unspecified atom stereocenters. The van der Waals surface area contributed by atoms with Crippen molar-refractivity contribution in [2.75, 3.05) is 11.9 Å². The van der Waals surface area contributed by atoms with Gasteiger partial charge >= 0.3 is 0 Å². The van der Waals surface area contributed by atoms with Crippen molar-refractivity contribution in [1.29, 1.82) is 0 Å². The lowest BCUT2D eigenvalue weighted by Gasteiger charge is -2.10. The summed E-state index contributed by atoms with van der Waals surface area (Å²) in [5.41, 5.74) is 2.99. The highest BCUT2D eigenvalue weighted by molar-refractivity contribution is 6.30. The number of hydrogen-bond donors (Lipinski definition) is 1. The molecule has 2 aromatic rings. The molecule has 0 aliphatic carbocycles. The van der Waals surface area contributed by atoms with E-state index in [-0.39, 0.29) is 5.91 Å².